The molecule has 9 heteroatoms. The molecule has 0 aliphatic carbocycles. The maximum Gasteiger partial charge on any atom is 0.328 e. The van der Waals surface area contributed by atoms with Crippen molar-refractivity contribution in [3.05, 3.63) is 47.6 Å². The van der Waals surface area contributed by atoms with Crippen molar-refractivity contribution >= 4 is 22.1 Å². The Bertz CT molecular complexity index is 916. The number of carbonyl (C=O) groups is 1. The van der Waals surface area contributed by atoms with Gasteiger partial charge in [-0.05, 0) is 30.2 Å². The van der Waals surface area contributed by atoms with Crippen LogP contribution in [0.5, 0.6) is 0 Å². The molecule has 1 aliphatic rings. The number of carboxylic acid groups (broad SMARTS) is 1. The number of carboxylic acids is 1. The van der Waals surface area contributed by atoms with E-state index in [0.29, 0.717) is 11.4 Å². The van der Waals surface area contributed by atoms with Crippen molar-refractivity contribution in [3.63, 3.8) is 0 Å². The van der Waals surface area contributed by atoms with E-state index < -0.39 is 16.0 Å². The van der Waals surface area contributed by atoms with E-state index in [1.165, 1.54) is 29.6 Å². The van der Waals surface area contributed by atoms with E-state index in [-0.39, 0.29) is 11.4 Å². The fourth-order valence-corrected chi connectivity index (χ4v) is 3.84. The molecule has 0 spiro atoms. The summed E-state index contributed by atoms with van der Waals surface area (Å²) in [7, 11) is -2.16. The Balaban J connectivity index is 1.77. The van der Waals surface area contributed by atoms with Crippen molar-refractivity contribution in [1.29, 1.82) is 0 Å². The van der Waals surface area contributed by atoms with Gasteiger partial charge in [-0.15, -0.1) is 10.2 Å². The van der Waals surface area contributed by atoms with Gasteiger partial charge in [-0.3, -0.25) is 0 Å². The van der Waals surface area contributed by atoms with Crippen LogP contribution in [0.2, 0.25) is 0 Å². The molecule has 25 heavy (non-hydrogen) atoms. The predicted octanol–water partition coefficient (Wildman–Crippen LogP) is 1.14. The number of aliphatic carboxylic acids is 1. The third-order valence-corrected chi connectivity index (χ3v) is 5.87. The van der Waals surface area contributed by atoms with Crippen LogP contribution in [0.15, 0.2) is 35.2 Å². The van der Waals surface area contributed by atoms with Crippen molar-refractivity contribution in [3.8, 4) is 0 Å². The summed E-state index contributed by atoms with van der Waals surface area (Å²) in [5.74, 6) is 0.479. The number of sulfonamides is 1. The Labute approximate surface area is 145 Å². The number of nitrogens with zero attached hydrogens (tertiary/aromatic N) is 4. The van der Waals surface area contributed by atoms with Gasteiger partial charge >= 0.3 is 5.97 Å². The first kappa shape index (κ1) is 17.3. The molecule has 1 N–H and O–H groups in total. The summed E-state index contributed by atoms with van der Waals surface area (Å²) in [4.78, 5) is 10.7. The van der Waals surface area contributed by atoms with Crippen LogP contribution in [0.1, 0.15) is 23.6 Å². The molecule has 132 valence electrons. The number of fused-ring (bicyclic) bond motifs is 1. The lowest BCUT2D eigenvalue weighted by atomic mass is 10.2. The van der Waals surface area contributed by atoms with Gasteiger partial charge in [0.15, 0.2) is 0 Å². The maximum absolute atomic E-state index is 12.7. The zero-order chi connectivity index (χ0) is 18.0. The summed E-state index contributed by atoms with van der Waals surface area (Å²) < 4.78 is 28.6. The Kier molecular flexibility index (Phi) is 4.69. The summed E-state index contributed by atoms with van der Waals surface area (Å²) in [6, 6.07) is 6.05. The van der Waals surface area contributed by atoms with Gasteiger partial charge in [0.05, 0.1) is 11.4 Å². The van der Waals surface area contributed by atoms with Crippen molar-refractivity contribution in [2.45, 2.75) is 30.8 Å². The molecular weight excluding hydrogens is 344 g/mol. The second kappa shape index (κ2) is 6.77. The zero-order valence-corrected chi connectivity index (χ0v) is 14.5. The highest BCUT2D eigenvalue weighted by Crippen LogP contribution is 2.20. The van der Waals surface area contributed by atoms with Crippen LogP contribution in [0.4, 0.5) is 0 Å². The molecule has 0 bridgehead atoms. The summed E-state index contributed by atoms with van der Waals surface area (Å²) >= 11 is 0. The van der Waals surface area contributed by atoms with E-state index in [0.717, 1.165) is 31.3 Å². The van der Waals surface area contributed by atoms with E-state index in [4.69, 9.17) is 5.11 Å². The first-order valence-electron chi connectivity index (χ1n) is 7.76. The molecule has 0 atom stereocenters. The zero-order valence-electron chi connectivity index (χ0n) is 13.7. The fraction of sp³-hybridized carbons (Fsp3) is 0.312. The molecule has 0 saturated heterocycles. The van der Waals surface area contributed by atoms with Crippen LogP contribution in [-0.4, -0.2) is 45.6 Å². The summed E-state index contributed by atoms with van der Waals surface area (Å²) in [5.41, 5.74) is 0.610. The van der Waals surface area contributed by atoms with Crippen molar-refractivity contribution in [1.82, 2.24) is 19.1 Å². The van der Waals surface area contributed by atoms with E-state index in [9.17, 15) is 13.2 Å². The molecule has 3 rings (SSSR count). The predicted molar refractivity (Wildman–Crippen MR) is 90.1 cm³/mol. The molecule has 0 saturated carbocycles. The molecule has 0 fully saturated rings. The average molecular weight is 362 g/mol. The van der Waals surface area contributed by atoms with Crippen molar-refractivity contribution in [2.75, 3.05) is 7.05 Å². The second-order valence-corrected chi connectivity index (χ2v) is 7.83. The third-order valence-electron chi connectivity index (χ3n) is 4.06. The quantitative estimate of drug-likeness (QED) is 0.773. The van der Waals surface area contributed by atoms with Gasteiger partial charge in [-0.1, -0.05) is 12.1 Å². The topological polar surface area (TPSA) is 105 Å². The number of rotatable bonds is 6. The third kappa shape index (κ3) is 3.62. The Morgan fingerprint density at radius 1 is 1.32 bits per heavy atom. The minimum Gasteiger partial charge on any atom is -0.478 e. The van der Waals surface area contributed by atoms with Crippen LogP contribution < -0.4 is 0 Å². The van der Waals surface area contributed by atoms with Crippen LogP contribution in [-0.2, 0) is 34.3 Å². The normalized spacial score (nSPS) is 14.3. The minimum atomic E-state index is -3.67. The maximum atomic E-state index is 12.7. The first-order valence-corrected chi connectivity index (χ1v) is 9.20. The molecule has 1 aromatic carbocycles. The monoisotopic (exact) mass is 362 g/mol. The molecule has 2 aromatic rings. The highest BCUT2D eigenvalue weighted by Gasteiger charge is 2.25. The van der Waals surface area contributed by atoms with Gasteiger partial charge in [-0.25, -0.2) is 13.2 Å². The number of aryl methyl sites for hydroxylation is 1. The largest absolute Gasteiger partial charge is 0.478 e. The van der Waals surface area contributed by atoms with E-state index in [1.807, 2.05) is 4.57 Å². The first-order chi connectivity index (χ1) is 11.9. The van der Waals surface area contributed by atoms with Crippen LogP contribution in [0.3, 0.4) is 0 Å². The van der Waals surface area contributed by atoms with Crippen LogP contribution in [0, 0.1) is 0 Å². The molecule has 2 heterocycles. The van der Waals surface area contributed by atoms with Crippen molar-refractivity contribution < 1.29 is 18.3 Å². The van der Waals surface area contributed by atoms with E-state index in [2.05, 4.69) is 10.2 Å². The summed E-state index contributed by atoms with van der Waals surface area (Å²) in [6.07, 6.45) is 4.28. The van der Waals surface area contributed by atoms with Crippen LogP contribution in [0.25, 0.3) is 6.08 Å². The Morgan fingerprint density at radius 3 is 2.72 bits per heavy atom. The molecule has 1 aliphatic heterocycles. The van der Waals surface area contributed by atoms with Gasteiger partial charge in [0.2, 0.25) is 10.0 Å². The Morgan fingerprint density at radius 2 is 2.04 bits per heavy atom. The van der Waals surface area contributed by atoms with Gasteiger partial charge in [0.25, 0.3) is 0 Å². The summed E-state index contributed by atoms with van der Waals surface area (Å²) in [6.45, 7) is 0.964. The lowest BCUT2D eigenvalue weighted by molar-refractivity contribution is -0.131. The average Bonchev–Trinajstić information content (AvgIpc) is 3.18. The van der Waals surface area contributed by atoms with Gasteiger partial charge in [-0.2, -0.15) is 4.31 Å². The van der Waals surface area contributed by atoms with Gasteiger partial charge in [0, 0.05) is 26.1 Å². The van der Waals surface area contributed by atoms with Gasteiger partial charge in [0.1, 0.15) is 11.6 Å². The molecule has 0 amide bonds. The molecule has 0 radical (unpaired) electrons. The lowest BCUT2D eigenvalue weighted by Crippen LogP contribution is -2.28. The SMILES string of the molecule is CN(Cc1nnc2n1CCC2)S(=O)(=O)c1ccc(/C=C/C(=O)O)cc1. The highest BCUT2D eigenvalue weighted by molar-refractivity contribution is 7.89. The summed E-state index contributed by atoms with van der Waals surface area (Å²) in [5, 5.41) is 16.8. The molecule has 0 unspecified atom stereocenters. The number of benzene rings is 1. The second-order valence-electron chi connectivity index (χ2n) is 5.79. The number of hydrogen-bond acceptors (Lipinski definition) is 5. The molecule has 1 aromatic heterocycles. The van der Waals surface area contributed by atoms with E-state index in [1.54, 1.807) is 12.1 Å². The van der Waals surface area contributed by atoms with Crippen molar-refractivity contribution in [2.24, 2.45) is 0 Å². The number of hydrogen-bond donors (Lipinski definition) is 1. The highest BCUT2D eigenvalue weighted by atomic mass is 32.2. The van der Waals surface area contributed by atoms with Gasteiger partial charge < -0.3 is 9.67 Å². The fourth-order valence-electron chi connectivity index (χ4n) is 2.71. The Hall–Kier alpha value is -2.52. The molecular formula is C16H18N4O4S. The minimum absolute atomic E-state index is 0.142. The van der Waals surface area contributed by atoms with Crippen LogP contribution >= 0.6 is 0 Å². The molecule has 8 nitrogen and oxygen atoms in total. The smallest absolute Gasteiger partial charge is 0.328 e. The number of aromatic nitrogens is 3. The lowest BCUT2D eigenvalue weighted by Gasteiger charge is -2.17. The standard InChI is InChI=1S/C16H18N4O4S/c1-19(11-15-18-17-14-3-2-10-20(14)15)25(23,24)13-7-4-12(5-8-13)6-9-16(21)22/h4-9H,2-3,10-11H2,1H3,(H,21,22)/b9-6+. The van der Waals surface area contributed by atoms with E-state index >= 15 is 0 Å².